The maximum Gasteiger partial charge on any atom is 0.246 e. The number of likely N-dealkylation sites (N-methyl/N-ethyl adjacent to an activating group) is 1. The molecule has 4 heterocycles. The van der Waals surface area contributed by atoms with Crippen LogP contribution in [0.4, 0.5) is 0 Å². The van der Waals surface area contributed by atoms with Gasteiger partial charge in [0.15, 0.2) is 17.7 Å². The average molecular weight is 597 g/mol. The molecule has 6 rings (SSSR count). The standard InChI is InChI=1S/C31H41ClN6O4/c1-3-25(39)38-16-15-37(18-21(38)11-13-33)29-24-10-12-31(17-20-7-4-5-9-23(20)28(32)42-31)27(40)26(24)34-30(35-29)41-19-22-8-6-14-36(22)2/h3-5,7,9,21-22,24,26,28-30,34-35H,1,6,8,10-12,14-19H2,2H3/t21?,22?,24?,26?,28?,29?,30?,31-/m0/s1. The van der Waals surface area contributed by atoms with Crippen molar-refractivity contribution in [1.29, 1.82) is 5.26 Å². The van der Waals surface area contributed by atoms with Gasteiger partial charge in [0.25, 0.3) is 0 Å². The lowest BCUT2D eigenvalue weighted by Gasteiger charge is -2.55. The van der Waals surface area contributed by atoms with E-state index in [4.69, 9.17) is 21.1 Å². The molecule has 8 atom stereocenters. The summed E-state index contributed by atoms with van der Waals surface area (Å²) in [6, 6.07) is 9.77. The van der Waals surface area contributed by atoms with Crippen molar-refractivity contribution in [2.75, 3.05) is 39.8 Å². The predicted molar refractivity (Wildman–Crippen MR) is 157 cm³/mol. The first-order valence-electron chi connectivity index (χ1n) is 15.2. The molecular weight excluding hydrogens is 556 g/mol. The fraction of sp³-hybridized carbons (Fsp3) is 0.645. The van der Waals surface area contributed by atoms with Gasteiger partial charge in [0.05, 0.1) is 37.3 Å². The number of nitrogens with one attached hydrogen (secondary N) is 2. The smallest absolute Gasteiger partial charge is 0.246 e. The summed E-state index contributed by atoms with van der Waals surface area (Å²) in [4.78, 5) is 33.4. The zero-order chi connectivity index (χ0) is 29.4. The molecule has 0 aromatic heterocycles. The van der Waals surface area contributed by atoms with Crippen LogP contribution in [0.15, 0.2) is 36.9 Å². The molecule has 2 N–H and O–H groups in total. The molecule has 1 aromatic rings. The number of ether oxygens (including phenoxy) is 2. The summed E-state index contributed by atoms with van der Waals surface area (Å²) in [6.45, 7) is 6.89. The number of carbonyl (C=O) groups excluding carboxylic acids is 2. The lowest BCUT2D eigenvalue weighted by atomic mass is 9.68. The Morgan fingerprint density at radius 3 is 2.86 bits per heavy atom. The maximum atomic E-state index is 14.5. The van der Waals surface area contributed by atoms with Crippen molar-refractivity contribution in [2.45, 2.75) is 80.3 Å². The first kappa shape index (κ1) is 29.7. The third kappa shape index (κ3) is 5.52. The van der Waals surface area contributed by atoms with Crippen LogP contribution in [0, 0.1) is 17.2 Å². The molecule has 1 aliphatic carbocycles. The fourth-order valence-electron chi connectivity index (χ4n) is 7.71. The van der Waals surface area contributed by atoms with E-state index in [1.807, 2.05) is 24.3 Å². The van der Waals surface area contributed by atoms with Crippen LogP contribution < -0.4 is 10.6 Å². The Labute approximate surface area is 252 Å². The zero-order valence-electron chi connectivity index (χ0n) is 24.2. The van der Waals surface area contributed by atoms with Gasteiger partial charge in [0.2, 0.25) is 5.91 Å². The van der Waals surface area contributed by atoms with Crippen LogP contribution in [0.1, 0.15) is 48.8 Å². The summed E-state index contributed by atoms with van der Waals surface area (Å²) in [7, 11) is 2.12. The number of nitriles is 1. The molecule has 4 aliphatic heterocycles. The molecule has 42 heavy (non-hydrogen) atoms. The number of nitrogens with zero attached hydrogens (tertiary/aromatic N) is 4. The van der Waals surface area contributed by atoms with Crippen molar-refractivity contribution in [3.8, 4) is 6.07 Å². The molecule has 10 nitrogen and oxygen atoms in total. The molecule has 0 radical (unpaired) electrons. The number of alkyl halides is 1. The highest BCUT2D eigenvalue weighted by Crippen LogP contribution is 2.46. The molecule has 5 aliphatic rings. The van der Waals surface area contributed by atoms with Crippen molar-refractivity contribution < 1.29 is 19.1 Å². The molecule has 11 heteroatoms. The first-order chi connectivity index (χ1) is 20.3. The minimum Gasteiger partial charge on any atom is -0.348 e. The number of rotatable bonds is 6. The van der Waals surface area contributed by atoms with Crippen LogP contribution in [-0.4, -0.2) is 102 Å². The van der Waals surface area contributed by atoms with Gasteiger partial charge in [-0.2, -0.15) is 5.26 Å². The molecular formula is C31H41ClN6O4. The lowest BCUT2D eigenvalue weighted by Crippen LogP contribution is -2.76. The van der Waals surface area contributed by atoms with Gasteiger partial charge >= 0.3 is 0 Å². The monoisotopic (exact) mass is 596 g/mol. The van der Waals surface area contributed by atoms with Gasteiger partial charge in [-0.1, -0.05) is 42.4 Å². The molecule has 1 saturated carbocycles. The minimum absolute atomic E-state index is 0.0195. The van der Waals surface area contributed by atoms with E-state index in [-0.39, 0.29) is 36.2 Å². The zero-order valence-corrected chi connectivity index (χ0v) is 25.0. The van der Waals surface area contributed by atoms with Crippen molar-refractivity contribution in [2.24, 2.45) is 5.92 Å². The number of carbonyl (C=O) groups is 2. The quantitative estimate of drug-likeness (QED) is 0.377. The summed E-state index contributed by atoms with van der Waals surface area (Å²) < 4.78 is 12.8. The Bertz CT molecular complexity index is 1240. The number of Topliss-reactive ketones (excluding diaryl/α,β-unsaturated/α-hetero) is 1. The maximum absolute atomic E-state index is 14.5. The van der Waals surface area contributed by atoms with E-state index in [0.29, 0.717) is 45.1 Å². The number of benzene rings is 1. The lowest BCUT2D eigenvalue weighted by molar-refractivity contribution is -0.175. The predicted octanol–water partition coefficient (Wildman–Crippen LogP) is 2.11. The van der Waals surface area contributed by atoms with E-state index < -0.39 is 23.6 Å². The SMILES string of the molecule is C=CC(=O)N1CCN(C2NC(OCC3CCCN3C)NC3C(=O)[C@]4(CCC32)Cc2ccccc2C(Cl)O4)CC1CC#N. The molecule has 0 bridgehead atoms. The molecule has 4 fully saturated rings. The van der Waals surface area contributed by atoms with Crippen molar-refractivity contribution in [3.63, 3.8) is 0 Å². The highest BCUT2D eigenvalue weighted by molar-refractivity contribution is 6.20. The normalized spacial score (nSPS) is 37.2. The Morgan fingerprint density at radius 2 is 2.10 bits per heavy atom. The molecule has 3 saturated heterocycles. The summed E-state index contributed by atoms with van der Waals surface area (Å²) in [5.41, 5.74) is 0.305. The van der Waals surface area contributed by atoms with E-state index in [9.17, 15) is 14.9 Å². The number of halogens is 1. The molecule has 226 valence electrons. The molecule has 1 aromatic carbocycles. The second kappa shape index (κ2) is 12.3. The molecule has 7 unspecified atom stereocenters. The van der Waals surface area contributed by atoms with Gasteiger partial charge < -0.3 is 19.3 Å². The number of fused-ring (bicyclic) bond motifs is 2. The van der Waals surface area contributed by atoms with E-state index >= 15 is 0 Å². The number of likely N-dealkylation sites (tertiary alicyclic amines) is 1. The van der Waals surface area contributed by atoms with Gasteiger partial charge in [-0.3, -0.25) is 25.1 Å². The van der Waals surface area contributed by atoms with Gasteiger partial charge in [-0.25, -0.2) is 0 Å². The van der Waals surface area contributed by atoms with E-state index in [0.717, 1.165) is 36.9 Å². The summed E-state index contributed by atoms with van der Waals surface area (Å²) in [6.07, 6.45) is 4.89. The van der Waals surface area contributed by atoms with Gasteiger partial charge in [-0.05, 0) is 56.5 Å². The van der Waals surface area contributed by atoms with Crippen LogP contribution in [0.2, 0.25) is 0 Å². The van der Waals surface area contributed by atoms with E-state index in [2.05, 4.69) is 40.1 Å². The third-order valence-electron chi connectivity index (χ3n) is 10.0. The second-order valence-corrected chi connectivity index (χ2v) is 12.8. The fourth-order valence-corrected chi connectivity index (χ4v) is 8.09. The number of piperazine rings is 1. The van der Waals surface area contributed by atoms with Crippen LogP contribution in [0.25, 0.3) is 0 Å². The van der Waals surface area contributed by atoms with Gasteiger partial charge in [-0.15, -0.1) is 0 Å². The van der Waals surface area contributed by atoms with Crippen LogP contribution in [-0.2, 0) is 25.5 Å². The third-order valence-corrected chi connectivity index (χ3v) is 10.3. The van der Waals surface area contributed by atoms with Crippen molar-refractivity contribution >= 4 is 23.3 Å². The molecule has 1 amide bonds. The summed E-state index contributed by atoms with van der Waals surface area (Å²) in [5.74, 6) is -0.185. The van der Waals surface area contributed by atoms with E-state index in [1.165, 1.54) is 6.08 Å². The van der Waals surface area contributed by atoms with E-state index in [1.54, 1.807) is 4.90 Å². The van der Waals surface area contributed by atoms with Crippen LogP contribution in [0.5, 0.6) is 0 Å². The summed E-state index contributed by atoms with van der Waals surface area (Å²) in [5, 5.41) is 16.7. The number of amides is 1. The Hall–Kier alpha value is -2.36. The Morgan fingerprint density at radius 1 is 1.26 bits per heavy atom. The summed E-state index contributed by atoms with van der Waals surface area (Å²) >= 11 is 6.71. The van der Waals surface area contributed by atoms with Crippen molar-refractivity contribution in [3.05, 3.63) is 48.0 Å². The average Bonchev–Trinajstić information content (AvgIpc) is 3.42. The second-order valence-electron chi connectivity index (χ2n) is 12.4. The Kier molecular flexibility index (Phi) is 8.72. The van der Waals surface area contributed by atoms with Gasteiger partial charge in [0.1, 0.15) is 5.60 Å². The number of ketones is 1. The minimum atomic E-state index is -0.995. The number of hydrogen-bond donors (Lipinski definition) is 2. The Balaban J connectivity index is 1.25. The highest BCUT2D eigenvalue weighted by Gasteiger charge is 2.57. The van der Waals surface area contributed by atoms with Gasteiger partial charge in [0, 0.05) is 38.0 Å². The highest BCUT2D eigenvalue weighted by atomic mass is 35.5. The largest absolute Gasteiger partial charge is 0.348 e. The topological polar surface area (TPSA) is 110 Å². The van der Waals surface area contributed by atoms with Crippen molar-refractivity contribution in [1.82, 2.24) is 25.3 Å². The van der Waals surface area contributed by atoms with Crippen LogP contribution in [0.3, 0.4) is 0 Å². The molecule has 1 spiro atoms. The van der Waals surface area contributed by atoms with Crippen LogP contribution >= 0.6 is 11.6 Å². The number of hydrogen-bond acceptors (Lipinski definition) is 9. The first-order valence-corrected chi connectivity index (χ1v) is 15.6.